The molecule has 1 aliphatic rings. The Balaban J connectivity index is 2.33. The van der Waals surface area contributed by atoms with Crippen LogP contribution in [0.15, 0.2) is 0 Å². The van der Waals surface area contributed by atoms with Crippen LogP contribution in [0.2, 0.25) is 5.15 Å². The predicted molar refractivity (Wildman–Crippen MR) is 71.8 cm³/mol. The van der Waals surface area contributed by atoms with Gasteiger partial charge in [0, 0.05) is 24.6 Å². The molecule has 1 aliphatic carbocycles. The van der Waals surface area contributed by atoms with Gasteiger partial charge >= 0.3 is 0 Å². The van der Waals surface area contributed by atoms with E-state index in [0.29, 0.717) is 17.5 Å². The van der Waals surface area contributed by atoms with Crippen LogP contribution in [0.5, 0.6) is 0 Å². The summed E-state index contributed by atoms with van der Waals surface area (Å²) >= 11 is 6.17. The minimum absolute atomic E-state index is 0.117. The van der Waals surface area contributed by atoms with Gasteiger partial charge in [0.25, 0.3) is 0 Å². The molecule has 1 heterocycles. The standard InChI is InChI=1S/C13H17ClN4/c1-8(6-7-15)18(3)13-9(2)11(14)16-12(17-13)10-4-5-10/h8,10H,4-6H2,1-3H3. The zero-order valence-corrected chi connectivity index (χ0v) is 11.7. The Kier molecular flexibility index (Phi) is 3.72. The number of hydrogen-bond acceptors (Lipinski definition) is 4. The molecular weight excluding hydrogens is 248 g/mol. The largest absolute Gasteiger partial charge is 0.356 e. The van der Waals surface area contributed by atoms with Crippen molar-refractivity contribution >= 4 is 17.4 Å². The van der Waals surface area contributed by atoms with Crippen molar-refractivity contribution in [3.05, 3.63) is 16.5 Å². The molecule has 1 aromatic heterocycles. The lowest BCUT2D eigenvalue weighted by Crippen LogP contribution is -2.30. The topological polar surface area (TPSA) is 52.8 Å². The van der Waals surface area contributed by atoms with Crippen LogP contribution in [-0.4, -0.2) is 23.1 Å². The first-order valence-electron chi connectivity index (χ1n) is 6.18. The molecular formula is C13H17ClN4. The maximum atomic E-state index is 8.77. The van der Waals surface area contributed by atoms with E-state index >= 15 is 0 Å². The molecule has 2 rings (SSSR count). The van der Waals surface area contributed by atoms with E-state index < -0.39 is 0 Å². The quantitative estimate of drug-likeness (QED) is 0.785. The summed E-state index contributed by atoms with van der Waals surface area (Å²) in [6.45, 7) is 3.93. The van der Waals surface area contributed by atoms with Crippen molar-refractivity contribution in [2.75, 3.05) is 11.9 Å². The number of rotatable bonds is 4. The second-order valence-corrected chi connectivity index (χ2v) is 5.28. The summed E-state index contributed by atoms with van der Waals surface area (Å²) in [4.78, 5) is 11.0. The van der Waals surface area contributed by atoms with Gasteiger partial charge in [-0.1, -0.05) is 11.6 Å². The number of aromatic nitrogens is 2. The van der Waals surface area contributed by atoms with E-state index in [1.165, 1.54) is 0 Å². The van der Waals surface area contributed by atoms with Crippen molar-refractivity contribution in [2.45, 2.75) is 45.1 Å². The molecule has 0 amide bonds. The van der Waals surface area contributed by atoms with Crippen LogP contribution in [-0.2, 0) is 0 Å². The van der Waals surface area contributed by atoms with E-state index in [-0.39, 0.29) is 6.04 Å². The Morgan fingerprint density at radius 1 is 1.50 bits per heavy atom. The third-order valence-electron chi connectivity index (χ3n) is 3.40. The first-order chi connectivity index (χ1) is 8.54. The van der Waals surface area contributed by atoms with E-state index in [0.717, 1.165) is 30.0 Å². The third-order valence-corrected chi connectivity index (χ3v) is 3.77. The molecule has 18 heavy (non-hydrogen) atoms. The van der Waals surface area contributed by atoms with Gasteiger partial charge in [0.15, 0.2) is 0 Å². The molecule has 1 aromatic rings. The molecule has 0 bridgehead atoms. The predicted octanol–water partition coefficient (Wildman–Crippen LogP) is 3.05. The molecule has 0 spiro atoms. The second-order valence-electron chi connectivity index (χ2n) is 4.92. The molecule has 4 nitrogen and oxygen atoms in total. The smallest absolute Gasteiger partial charge is 0.137 e. The summed E-state index contributed by atoms with van der Waals surface area (Å²) in [7, 11) is 1.95. The monoisotopic (exact) mass is 264 g/mol. The van der Waals surface area contributed by atoms with Gasteiger partial charge in [-0.3, -0.25) is 0 Å². The van der Waals surface area contributed by atoms with Gasteiger partial charge in [-0.05, 0) is 26.7 Å². The molecule has 0 aromatic carbocycles. The lowest BCUT2D eigenvalue weighted by Gasteiger charge is -2.26. The van der Waals surface area contributed by atoms with Gasteiger partial charge in [0.2, 0.25) is 0 Å². The van der Waals surface area contributed by atoms with E-state index in [1.807, 2.05) is 25.8 Å². The molecule has 0 N–H and O–H groups in total. The summed E-state index contributed by atoms with van der Waals surface area (Å²) in [6.07, 6.45) is 2.77. The summed E-state index contributed by atoms with van der Waals surface area (Å²) in [5.74, 6) is 2.16. The number of halogens is 1. The average molecular weight is 265 g/mol. The Morgan fingerprint density at radius 3 is 2.72 bits per heavy atom. The molecule has 1 fully saturated rings. The van der Waals surface area contributed by atoms with Crippen LogP contribution in [0.25, 0.3) is 0 Å². The second kappa shape index (κ2) is 5.11. The van der Waals surface area contributed by atoms with E-state index in [9.17, 15) is 0 Å². The van der Waals surface area contributed by atoms with Crippen LogP contribution >= 0.6 is 11.6 Å². The Labute approximate surface area is 113 Å². The maximum absolute atomic E-state index is 8.77. The first-order valence-corrected chi connectivity index (χ1v) is 6.56. The van der Waals surface area contributed by atoms with Crippen molar-refractivity contribution in [1.82, 2.24) is 9.97 Å². The molecule has 1 unspecified atom stereocenters. The zero-order valence-electron chi connectivity index (χ0n) is 10.9. The summed E-state index contributed by atoms with van der Waals surface area (Å²) < 4.78 is 0. The van der Waals surface area contributed by atoms with Crippen molar-refractivity contribution in [2.24, 2.45) is 0 Å². The molecule has 5 heteroatoms. The SMILES string of the molecule is Cc1c(Cl)nc(C2CC2)nc1N(C)C(C)CC#N. The van der Waals surface area contributed by atoms with Crippen LogP contribution in [0, 0.1) is 18.3 Å². The van der Waals surface area contributed by atoms with Crippen molar-refractivity contribution in [3.63, 3.8) is 0 Å². The van der Waals surface area contributed by atoms with Gasteiger partial charge in [-0.25, -0.2) is 9.97 Å². The van der Waals surface area contributed by atoms with Crippen LogP contribution < -0.4 is 4.90 Å². The highest BCUT2D eigenvalue weighted by molar-refractivity contribution is 6.30. The number of hydrogen-bond donors (Lipinski definition) is 0. The maximum Gasteiger partial charge on any atom is 0.137 e. The van der Waals surface area contributed by atoms with E-state index in [4.69, 9.17) is 16.9 Å². The minimum atomic E-state index is 0.117. The fraction of sp³-hybridized carbons (Fsp3) is 0.615. The summed E-state index contributed by atoms with van der Waals surface area (Å²) in [5, 5.41) is 9.30. The van der Waals surface area contributed by atoms with Gasteiger partial charge in [-0.2, -0.15) is 5.26 Å². The zero-order chi connectivity index (χ0) is 13.3. The summed E-state index contributed by atoms with van der Waals surface area (Å²) in [5.41, 5.74) is 0.883. The van der Waals surface area contributed by atoms with Gasteiger partial charge in [0.1, 0.15) is 16.8 Å². The van der Waals surface area contributed by atoms with E-state index in [2.05, 4.69) is 16.0 Å². The van der Waals surface area contributed by atoms with Crippen molar-refractivity contribution in [3.8, 4) is 6.07 Å². The van der Waals surface area contributed by atoms with Crippen molar-refractivity contribution in [1.29, 1.82) is 5.26 Å². The van der Waals surface area contributed by atoms with Gasteiger partial charge in [-0.15, -0.1) is 0 Å². The third kappa shape index (κ3) is 2.56. The fourth-order valence-electron chi connectivity index (χ4n) is 1.84. The number of nitriles is 1. The fourth-order valence-corrected chi connectivity index (χ4v) is 2.01. The summed E-state index contributed by atoms with van der Waals surface area (Å²) in [6, 6.07) is 2.30. The van der Waals surface area contributed by atoms with E-state index in [1.54, 1.807) is 0 Å². The Bertz CT molecular complexity index is 490. The highest BCUT2D eigenvalue weighted by Crippen LogP contribution is 2.40. The van der Waals surface area contributed by atoms with Gasteiger partial charge in [0.05, 0.1) is 12.5 Å². The van der Waals surface area contributed by atoms with Crippen LogP contribution in [0.1, 0.15) is 43.5 Å². The normalized spacial score (nSPS) is 16.2. The Morgan fingerprint density at radius 2 is 2.17 bits per heavy atom. The Hall–Kier alpha value is -1.34. The lowest BCUT2D eigenvalue weighted by atomic mass is 10.2. The molecule has 0 radical (unpaired) electrons. The number of anilines is 1. The number of nitrogens with zero attached hydrogens (tertiary/aromatic N) is 4. The molecule has 1 atom stereocenters. The molecule has 0 saturated heterocycles. The minimum Gasteiger partial charge on any atom is -0.356 e. The highest BCUT2D eigenvalue weighted by Gasteiger charge is 2.29. The van der Waals surface area contributed by atoms with Crippen LogP contribution in [0.3, 0.4) is 0 Å². The lowest BCUT2D eigenvalue weighted by molar-refractivity contribution is 0.686. The molecule has 96 valence electrons. The highest BCUT2D eigenvalue weighted by atomic mass is 35.5. The average Bonchev–Trinajstić information content (AvgIpc) is 3.16. The molecule has 0 aliphatic heterocycles. The van der Waals surface area contributed by atoms with Gasteiger partial charge < -0.3 is 4.90 Å². The first kappa shape index (κ1) is 13.1. The van der Waals surface area contributed by atoms with Crippen molar-refractivity contribution < 1.29 is 0 Å². The van der Waals surface area contributed by atoms with Crippen LogP contribution in [0.4, 0.5) is 5.82 Å². The molecule has 1 saturated carbocycles.